The average Bonchev–Trinajstić information content (AvgIpc) is 2.39. The molecule has 96 valence electrons. The molecule has 18 heavy (non-hydrogen) atoms. The summed E-state index contributed by atoms with van der Waals surface area (Å²) in [5, 5.41) is 18.1. The van der Waals surface area contributed by atoms with E-state index in [1.807, 2.05) is 0 Å². The average molecular weight is 249 g/mol. The van der Waals surface area contributed by atoms with Crippen LogP contribution in [0.4, 0.5) is 0 Å². The summed E-state index contributed by atoms with van der Waals surface area (Å²) in [6.07, 6.45) is 1.33. The van der Waals surface area contributed by atoms with Gasteiger partial charge < -0.3 is 15.1 Å². The number of amides is 1. The normalized spacial score (nSPS) is 19.6. The predicted molar refractivity (Wildman–Crippen MR) is 64.4 cm³/mol. The van der Waals surface area contributed by atoms with E-state index in [9.17, 15) is 9.59 Å². The minimum Gasteiger partial charge on any atom is -0.508 e. The molecular weight excluding hydrogens is 234 g/mol. The summed E-state index contributed by atoms with van der Waals surface area (Å²) in [6, 6.07) is 5.99. The van der Waals surface area contributed by atoms with E-state index in [-0.39, 0.29) is 18.2 Å². The largest absolute Gasteiger partial charge is 0.508 e. The summed E-state index contributed by atoms with van der Waals surface area (Å²) in [7, 11) is 0. The minimum atomic E-state index is -0.849. The number of phenols is 1. The van der Waals surface area contributed by atoms with E-state index in [2.05, 4.69) is 0 Å². The summed E-state index contributed by atoms with van der Waals surface area (Å²) in [4.78, 5) is 24.6. The van der Waals surface area contributed by atoms with Crippen LogP contribution in [0.25, 0.3) is 0 Å². The van der Waals surface area contributed by atoms with Crippen molar-refractivity contribution in [2.75, 3.05) is 13.1 Å². The minimum absolute atomic E-state index is 0.105. The first-order chi connectivity index (χ1) is 8.58. The molecule has 5 nitrogen and oxygen atoms in total. The third-order valence-corrected chi connectivity index (χ3v) is 3.17. The maximum absolute atomic E-state index is 12.1. The Bertz CT molecular complexity index is 455. The number of carboxylic acid groups (broad SMARTS) is 1. The molecule has 1 aromatic rings. The van der Waals surface area contributed by atoms with Crippen LogP contribution in [-0.4, -0.2) is 40.1 Å². The lowest BCUT2D eigenvalue weighted by Gasteiger charge is -2.30. The summed E-state index contributed by atoms with van der Waals surface area (Å²) >= 11 is 0. The van der Waals surface area contributed by atoms with Crippen molar-refractivity contribution in [3.8, 4) is 5.75 Å². The maximum Gasteiger partial charge on any atom is 0.308 e. The fourth-order valence-electron chi connectivity index (χ4n) is 2.15. The third kappa shape index (κ3) is 2.61. The Balaban J connectivity index is 2.09. The highest BCUT2D eigenvalue weighted by molar-refractivity contribution is 5.94. The van der Waals surface area contributed by atoms with Gasteiger partial charge in [0.1, 0.15) is 5.75 Å². The Kier molecular flexibility index (Phi) is 3.50. The molecule has 1 aliphatic rings. The second kappa shape index (κ2) is 5.08. The topological polar surface area (TPSA) is 77.8 Å². The lowest BCUT2D eigenvalue weighted by Crippen LogP contribution is -2.42. The molecule has 1 amide bonds. The van der Waals surface area contributed by atoms with Crippen molar-refractivity contribution < 1.29 is 19.8 Å². The number of phenolic OH excluding ortho intramolecular Hbond substituents is 1. The lowest BCUT2D eigenvalue weighted by atomic mass is 9.97. The number of carbonyl (C=O) groups is 2. The number of hydrogen-bond acceptors (Lipinski definition) is 3. The van der Waals surface area contributed by atoms with Crippen molar-refractivity contribution in [1.82, 2.24) is 4.90 Å². The number of likely N-dealkylation sites (tertiary alicyclic amines) is 1. The third-order valence-electron chi connectivity index (χ3n) is 3.17. The number of piperidine rings is 1. The second-order valence-electron chi connectivity index (χ2n) is 4.48. The van der Waals surface area contributed by atoms with Crippen molar-refractivity contribution in [3.63, 3.8) is 0 Å². The first kappa shape index (κ1) is 12.4. The number of aliphatic carboxylic acids is 1. The zero-order valence-corrected chi connectivity index (χ0v) is 9.87. The van der Waals surface area contributed by atoms with Crippen LogP contribution in [0.15, 0.2) is 24.3 Å². The van der Waals surface area contributed by atoms with Crippen molar-refractivity contribution in [3.05, 3.63) is 29.8 Å². The lowest BCUT2D eigenvalue weighted by molar-refractivity contribution is -0.143. The summed E-state index contributed by atoms with van der Waals surface area (Å²) in [6.45, 7) is 0.846. The summed E-state index contributed by atoms with van der Waals surface area (Å²) in [5.41, 5.74) is 0.471. The van der Waals surface area contributed by atoms with Gasteiger partial charge in [-0.15, -0.1) is 0 Å². The van der Waals surface area contributed by atoms with E-state index in [0.717, 1.165) is 0 Å². The van der Waals surface area contributed by atoms with E-state index in [1.165, 1.54) is 12.1 Å². The summed E-state index contributed by atoms with van der Waals surface area (Å²) < 4.78 is 0. The molecular formula is C13H15NO4. The van der Waals surface area contributed by atoms with Gasteiger partial charge in [0.15, 0.2) is 0 Å². The Hall–Kier alpha value is -2.04. The Labute approximate surface area is 105 Å². The van der Waals surface area contributed by atoms with Gasteiger partial charge in [-0.05, 0) is 37.1 Å². The van der Waals surface area contributed by atoms with Crippen molar-refractivity contribution >= 4 is 11.9 Å². The summed E-state index contributed by atoms with van der Waals surface area (Å²) in [5.74, 6) is -1.40. The number of benzene rings is 1. The number of carboxylic acids is 1. The molecule has 0 bridgehead atoms. The Morgan fingerprint density at radius 2 is 1.89 bits per heavy atom. The van der Waals surface area contributed by atoms with Gasteiger partial charge >= 0.3 is 5.97 Å². The van der Waals surface area contributed by atoms with Gasteiger partial charge in [0.25, 0.3) is 5.91 Å². The van der Waals surface area contributed by atoms with E-state index in [1.54, 1.807) is 17.0 Å². The highest BCUT2D eigenvalue weighted by atomic mass is 16.4. The Morgan fingerprint density at radius 3 is 2.50 bits per heavy atom. The van der Waals surface area contributed by atoms with Crippen molar-refractivity contribution in [1.29, 1.82) is 0 Å². The molecule has 1 saturated heterocycles. The van der Waals surface area contributed by atoms with Gasteiger partial charge in [-0.1, -0.05) is 0 Å². The molecule has 0 spiro atoms. The van der Waals surface area contributed by atoms with E-state index < -0.39 is 11.9 Å². The highest BCUT2D eigenvalue weighted by Crippen LogP contribution is 2.19. The second-order valence-corrected chi connectivity index (χ2v) is 4.48. The van der Waals surface area contributed by atoms with Crippen LogP contribution in [-0.2, 0) is 4.79 Å². The zero-order chi connectivity index (χ0) is 13.1. The molecule has 0 radical (unpaired) electrons. The molecule has 2 rings (SSSR count). The van der Waals surface area contributed by atoms with E-state index in [0.29, 0.717) is 24.9 Å². The highest BCUT2D eigenvalue weighted by Gasteiger charge is 2.28. The quantitative estimate of drug-likeness (QED) is 0.828. The molecule has 1 atom stereocenters. The van der Waals surface area contributed by atoms with Crippen LogP contribution in [0, 0.1) is 5.92 Å². The van der Waals surface area contributed by atoms with E-state index >= 15 is 0 Å². The molecule has 1 aromatic carbocycles. The molecule has 1 heterocycles. The maximum atomic E-state index is 12.1. The standard InChI is InChI=1S/C13H15NO4/c15-11-5-3-9(4-6-11)12(16)14-7-1-2-10(8-14)13(17)18/h3-6,10,15H,1-2,7-8H2,(H,17,18)/t10-/m1/s1. The van der Waals surface area contributed by atoms with Crippen LogP contribution in [0.5, 0.6) is 5.75 Å². The van der Waals surface area contributed by atoms with Crippen LogP contribution in [0.2, 0.25) is 0 Å². The van der Waals surface area contributed by atoms with Crippen molar-refractivity contribution in [2.24, 2.45) is 5.92 Å². The van der Waals surface area contributed by atoms with E-state index in [4.69, 9.17) is 10.2 Å². The molecule has 0 aliphatic carbocycles. The van der Waals surface area contributed by atoms with Gasteiger partial charge in [-0.3, -0.25) is 9.59 Å². The molecule has 0 unspecified atom stereocenters. The molecule has 5 heteroatoms. The number of carbonyl (C=O) groups excluding carboxylic acids is 1. The molecule has 2 N–H and O–H groups in total. The molecule has 1 aliphatic heterocycles. The van der Waals surface area contributed by atoms with Gasteiger partial charge in [0.05, 0.1) is 5.92 Å². The van der Waals surface area contributed by atoms with Gasteiger partial charge in [0.2, 0.25) is 0 Å². The van der Waals surface area contributed by atoms with Crippen LogP contribution < -0.4 is 0 Å². The van der Waals surface area contributed by atoms with Crippen LogP contribution in [0.1, 0.15) is 23.2 Å². The predicted octanol–water partition coefficient (Wildman–Crippen LogP) is 1.33. The first-order valence-corrected chi connectivity index (χ1v) is 5.89. The number of nitrogens with zero attached hydrogens (tertiary/aromatic N) is 1. The SMILES string of the molecule is O=C(O)[C@@H]1CCCN(C(=O)c2ccc(O)cc2)C1. The number of aromatic hydroxyl groups is 1. The van der Waals surface area contributed by atoms with Gasteiger partial charge in [0, 0.05) is 18.7 Å². The first-order valence-electron chi connectivity index (χ1n) is 5.89. The van der Waals surface area contributed by atoms with Gasteiger partial charge in [-0.25, -0.2) is 0 Å². The molecule has 0 saturated carbocycles. The monoisotopic (exact) mass is 249 g/mol. The van der Waals surface area contributed by atoms with Crippen LogP contribution >= 0.6 is 0 Å². The van der Waals surface area contributed by atoms with Crippen LogP contribution in [0.3, 0.4) is 0 Å². The van der Waals surface area contributed by atoms with Gasteiger partial charge in [-0.2, -0.15) is 0 Å². The fourth-order valence-corrected chi connectivity index (χ4v) is 2.15. The Morgan fingerprint density at radius 1 is 1.22 bits per heavy atom. The zero-order valence-electron chi connectivity index (χ0n) is 9.87. The number of hydrogen-bond donors (Lipinski definition) is 2. The van der Waals surface area contributed by atoms with Crippen molar-refractivity contribution in [2.45, 2.75) is 12.8 Å². The fraction of sp³-hybridized carbons (Fsp3) is 0.385. The number of rotatable bonds is 2. The molecule has 1 fully saturated rings. The molecule has 0 aromatic heterocycles. The smallest absolute Gasteiger partial charge is 0.308 e.